The van der Waals surface area contributed by atoms with Gasteiger partial charge in [0.2, 0.25) is 0 Å². The molecule has 2 heterocycles. The summed E-state index contributed by atoms with van der Waals surface area (Å²) in [7, 11) is 1.81. The lowest BCUT2D eigenvalue weighted by Gasteiger charge is -2.27. The Morgan fingerprint density at radius 1 is 1.35 bits per heavy atom. The summed E-state index contributed by atoms with van der Waals surface area (Å²) in [6.45, 7) is 4.41. The van der Waals surface area contributed by atoms with Crippen molar-refractivity contribution in [2.45, 2.75) is 13.0 Å². The van der Waals surface area contributed by atoms with Gasteiger partial charge in [-0.1, -0.05) is 12.1 Å². The number of likely N-dealkylation sites (N-methyl/N-ethyl adjacent to an activating group) is 1. The Kier molecular flexibility index (Phi) is 5.10. The molecule has 1 aliphatic heterocycles. The molecule has 5 heteroatoms. The molecule has 1 aromatic heterocycles. The Hall–Kier alpha value is -1.69. The molecule has 1 aromatic carbocycles. The standard InChI is InChI=1S/C18H21NO3S/c1-13-6-9-23-17(13)14-4-3-5-15(10-14)18(20)19(2)11-16-12-21-7-8-22-16/h3-6,9-10,16H,7-8,11-12H2,1-2H3/t16-/m0/s1. The normalized spacial score (nSPS) is 17.9. The number of aryl methyl sites for hydroxylation is 1. The van der Waals surface area contributed by atoms with Crippen molar-refractivity contribution < 1.29 is 14.3 Å². The van der Waals surface area contributed by atoms with Crippen LogP contribution in [0.15, 0.2) is 35.7 Å². The first-order valence-corrected chi connectivity index (χ1v) is 8.62. The van der Waals surface area contributed by atoms with Crippen molar-refractivity contribution in [3.8, 4) is 10.4 Å². The van der Waals surface area contributed by atoms with Crippen molar-refractivity contribution in [1.82, 2.24) is 4.90 Å². The van der Waals surface area contributed by atoms with Gasteiger partial charge in [-0.3, -0.25) is 4.79 Å². The van der Waals surface area contributed by atoms with E-state index < -0.39 is 0 Å². The summed E-state index contributed by atoms with van der Waals surface area (Å²) < 4.78 is 11.0. The predicted molar refractivity (Wildman–Crippen MR) is 92.0 cm³/mol. The molecule has 1 aliphatic rings. The molecule has 0 saturated carbocycles. The first-order valence-electron chi connectivity index (χ1n) is 7.74. The van der Waals surface area contributed by atoms with Crippen LogP contribution in [0.4, 0.5) is 0 Å². The van der Waals surface area contributed by atoms with E-state index in [0.29, 0.717) is 31.9 Å². The summed E-state index contributed by atoms with van der Waals surface area (Å²) in [5.74, 6) is 0.00947. The van der Waals surface area contributed by atoms with Crippen molar-refractivity contribution in [3.63, 3.8) is 0 Å². The second-order valence-corrected chi connectivity index (χ2v) is 6.68. The molecule has 23 heavy (non-hydrogen) atoms. The zero-order chi connectivity index (χ0) is 16.2. The number of hydrogen-bond acceptors (Lipinski definition) is 4. The molecule has 0 unspecified atom stereocenters. The maximum absolute atomic E-state index is 12.7. The average Bonchev–Trinajstić information content (AvgIpc) is 3.01. The molecule has 1 fully saturated rings. The Labute approximate surface area is 140 Å². The number of ether oxygens (including phenoxy) is 2. The van der Waals surface area contributed by atoms with E-state index in [0.717, 1.165) is 5.56 Å². The molecule has 2 aromatic rings. The number of rotatable bonds is 4. The Morgan fingerprint density at radius 3 is 2.91 bits per heavy atom. The molecule has 0 radical (unpaired) electrons. The summed E-state index contributed by atoms with van der Waals surface area (Å²) in [6.07, 6.45) is -0.0413. The highest BCUT2D eigenvalue weighted by Crippen LogP contribution is 2.29. The molecule has 122 valence electrons. The van der Waals surface area contributed by atoms with E-state index in [9.17, 15) is 4.79 Å². The lowest BCUT2D eigenvalue weighted by Crippen LogP contribution is -2.40. The third kappa shape index (κ3) is 3.80. The summed E-state index contributed by atoms with van der Waals surface area (Å²) in [5.41, 5.74) is 3.03. The molecule has 1 saturated heterocycles. The molecular formula is C18H21NO3S. The van der Waals surface area contributed by atoms with Crippen molar-refractivity contribution >= 4 is 17.2 Å². The predicted octanol–water partition coefficient (Wildman–Crippen LogP) is 3.21. The van der Waals surface area contributed by atoms with Crippen LogP contribution in [-0.2, 0) is 9.47 Å². The minimum atomic E-state index is -0.0413. The van der Waals surface area contributed by atoms with Crippen molar-refractivity contribution in [1.29, 1.82) is 0 Å². The number of carbonyl (C=O) groups is 1. The lowest BCUT2D eigenvalue weighted by molar-refractivity contribution is -0.0933. The van der Waals surface area contributed by atoms with Crippen LogP contribution in [0.1, 0.15) is 15.9 Å². The van der Waals surface area contributed by atoms with E-state index in [1.165, 1.54) is 10.4 Å². The first kappa shape index (κ1) is 16.2. The molecule has 1 amide bonds. The Bertz CT molecular complexity index is 676. The SMILES string of the molecule is Cc1ccsc1-c1cccc(C(=O)N(C)C[C@H]2COCCO2)c1. The molecule has 0 N–H and O–H groups in total. The fraction of sp³-hybridized carbons (Fsp3) is 0.389. The van der Waals surface area contributed by atoms with E-state index in [-0.39, 0.29) is 12.0 Å². The van der Waals surface area contributed by atoms with Crippen LogP contribution >= 0.6 is 11.3 Å². The maximum atomic E-state index is 12.7. The lowest BCUT2D eigenvalue weighted by atomic mass is 10.1. The van der Waals surface area contributed by atoms with Crippen molar-refractivity contribution in [2.24, 2.45) is 0 Å². The number of nitrogens with zero attached hydrogens (tertiary/aromatic N) is 1. The van der Waals surface area contributed by atoms with Gasteiger partial charge in [-0.05, 0) is 41.6 Å². The quantitative estimate of drug-likeness (QED) is 0.863. The van der Waals surface area contributed by atoms with Crippen LogP contribution in [0.5, 0.6) is 0 Å². The molecule has 0 bridgehead atoms. The van der Waals surface area contributed by atoms with Gasteiger partial charge in [0.1, 0.15) is 0 Å². The van der Waals surface area contributed by atoms with Crippen LogP contribution in [0.25, 0.3) is 10.4 Å². The molecule has 0 spiro atoms. The highest BCUT2D eigenvalue weighted by Gasteiger charge is 2.20. The number of hydrogen-bond donors (Lipinski definition) is 0. The average molecular weight is 331 g/mol. The minimum Gasteiger partial charge on any atom is -0.376 e. The van der Waals surface area contributed by atoms with Gasteiger partial charge in [0.15, 0.2) is 0 Å². The van der Waals surface area contributed by atoms with E-state index >= 15 is 0 Å². The van der Waals surface area contributed by atoms with Crippen molar-refractivity contribution in [3.05, 3.63) is 46.8 Å². The highest BCUT2D eigenvalue weighted by molar-refractivity contribution is 7.13. The van der Waals surface area contributed by atoms with Gasteiger partial charge in [0.25, 0.3) is 5.91 Å². The molecule has 4 nitrogen and oxygen atoms in total. The number of amides is 1. The highest BCUT2D eigenvalue weighted by atomic mass is 32.1. The van der Waals surface area contributed by atoms with Gasteiger partial charge >= 0.3 is 0 Å². The number of benzene rings is 1. The molecule has 3 rings (SSSR count). The van der Waals surface area contributed by atoms with Gasteiger partial charge in [0.05, 0.1) is 25.9 Å². The third-order valence-corrected chi connectivity index (χ3v) is 5.01. The van der Waals surface area contributed by atoms with Gasteiger partial charge in [-0.15, -0.1) is 11.3 Å². The molecule has 1 atom stereocenters. The van der Waals surface area contributed by atoms with Gasteiger partial charge in [-0.2, -0.15) is 0 Å². The fourth-order valence-electron chi connectivity index (χ4n) is 2.71. The van der Waals surface area contributed by atoms with Gasteiger partial charge in [-0.25, -0.2) is 0 Å². The Morgan fingerprint density at radius 2 is 2.22 bits per heavy atom. The number of carbonyl (C=O) groups excluding carboxylic acids is 1. The smallest absolute Gasteiger partial charge is 0.253 e. The second-order valence-electron chi connectivity index (χ2n) is 5.77. The van der Waals surface area contributed by atoms with E-state index in [4.69, 9.17) is 9.47 Å². The first-order chi connectivity index (χ1) is 11.1. The largest absolute Gasteiger partial charge is 0.376 e. The van der Waals surface area contributed by atoms with E-state index in [2.05, 4.69) is 18.4 Å². The maximum Gasteiger partial charge on any atom is 0.253 e. The van der Waals surface area contributed by atoms with Crippen LogP contribution in [0.2, 0.25) is 0 Å². The number of thiophene rings is 1. The van der Waals surface area contributed by atoms with Gasteiger partial charge in [0, 0.05) is 24.0 Å². The van der Waals surface area contributed by atoms with Crippen LogP contribution < -0.4 is 0 Å². The fourth-order valence-corrected chi connectivity index (χ4v) is 3.64. The van der Waals surface area contributed by atoms with Crippen LogP contribution in [0.3, 0.4) is 0 Å². The summed E-state index contributed by atoms with van der Waals surface area (Å²) >= 11 is 1.70. The second kappa shape index (κ2) is 7.25. The summed E-state index contributed by atoms with van der Waals surface area (Å²) in [6, 6.07) is 9.92. The van der Waals surface area contributed by atoms with Crippen LogP contribution in [0, 0.1) is 6.92 Å². The van der Waals surface area contributed by atoms with Crippen molar-refractivity contribution in [2.75, 3.05) is 33.4 Å². The zero-order valence-electron chi connectivity index (χ0n) is 13.5. The van der Waals surface area contributed by atoms with E-state index in [1.807, 2.05) is 31.3 Å². The molecule has 0 aliphatic carbocycles. The minimum absolute atomic E-state index is 0.00947. The Balaban J connectivity index is 1.73. The monoisotopic (exact) mass is 331 g/mol. The van der Waals surface area contributed by atoms with Gasteiger partial charge < -0.3 is 14.4 Å². The summed E-state index contributed by atoms with van der Waals surface area (Å²) in [5, 5.41) is 2.08. The third-order valence-electron chi connectivity index (χ3n) is 3.94. The summed E-state index contributed by atoms with van der Waals surface area (Å²) in [4.78, 5) is 15.6. The van der Waals surface area contributed by atoms with Crippen LogP contribution in [-0.4, -0.2) is 50.3 Å². The zero-order valence-corrected chi connectivity index (χ0v) is 14.3. The van der Waals surface area contributed by atoms with E-state index in [1.54, 1.807) is 16.2 Å². The topological polar surface area (TPSA) is 38.8 Å². The molecular weight excluding hydrogens is 310 g/mol.